The zero-order chi connectivity index (χ0) is 13.8. The highest BCUT2D eigenvalue weighted by Crippen LogP contribution is 2.32. The fourth-order valence-electron chi connectivity index (χ4n) is 1.95. The Morgan fingerprint density at radius 3 is 2.89 bits per heavy atom. The van der Waals surface area contributed by atoms with Crippen LogP contribution in [0.2, 0.25) is 10.0 Å². The number of hydrazine groups is 1. The molecule has 0 saturated heterocycles. The molecule has 0 aliphatic carbocycles. The third kappa shape index (κ3) is 2.90. The molecule has 1 heterocycles. The minimum atomic E-state index is -0.298. The van der Waals surface area contributed by atoms with Crippen LogP contribution in [-0.4, -0.2) is 15.0 Å². The van der Waals surface area contributed by atoms with E-state index >= 15 is 0 Å². The van der Waals surface area contributed by atoms with Gasteiger partial charge in [0.2, 0.25) is 0 Å². The van der Waals surface area contributed by atoms with E-state index in [-0.39, 0.29) is 6.04 Å². The summed E-state index contributed by atoms with van der Waals surface area (Å²) >= 11 is 12.3. The fourth-order valence-corrected chi connectivity index (χ4v) is 2.37. The van der Waals surface area contributed by atoms with Crippen molar-refractivity contribution in [1.29, 1.82) is 0 Å². The molecule has 0 aliphatic heterocycles. The van der Waals surface area contributed by atoms with Crippen LogP contribution in [0.5, 0.6) is 0 Å². The van der Waals surface area contributed by atoms with Gasteiger partial charge in [-0.15, -0.1) is 5.10 Å². The van der Waals surface area contributed by atoms with Gasteiger partial charge in [-0.1, -0.05) is 47.5 Å². The van der Waals surface area contributed by atoms with Crippen molar-refractivity contribution in [3.05, 3.63) is 45.7 Å². The second kappa shape index (κ2) is 6.34. The molecule has 0 radical (unpaired) electrons. The molecule has 1 aromatic carbocycles. The van der Waals surface area contributed by atoms with Crippen molar-refractivity contribution >= 4 is 23.2 Å². The molecule has 0 saturated carbocycles. The van der Waals surface area contributed by atoms with Gasteiger partial charge in [-0.2, -0.15) is 0 Å². The monoisotopic (exact) mass is 299 g/mol. The fraction of sp³-hybridized carbons (Fsp3) is 0.333. The first-order valence-electron chi connectivity index (χ1n) is 5.97. The molecular weight excluding hydrogens is 285 g/mol. The maximum absolute atomic E-state index is 6.24. The number of aryl methyl sites for hydroxylation is 1. The summed E-state index contributed by atoms with van der Waals surface area (Å²) in [6.45, 7) is 2.84. The Balaban J connectivity index is 2.44. The summed E-state index contributed by atoms with van der Waals surface area (Å²) in [5.74, 6) is 5.66. The van der Waals surface area contributed by atoms with Crippen molar-refractivity contribution < 1.29 is 0 Å². The Labute approximate surface area is 121 Å². The van der Waals surface area contributed by atoms with Crippen LogP contribution in [0.4, 0.5) is 0 Å². The van der Waals surface area contributed by atoms with Gasteiger partial charge in [-0.25, -0.2) is 10.1 Å². The maximum atomic E-state index is 6.24. The lowest BCUT2D eigenvalue weighted by atomic mass is 10.0. The lowest BCUT2D eigenvalue weighted by molar-refractivity contribution is 0.512. The quantitative estimate of drug-likeness (QED) is 0.657. The topological polar surface area (TPSA) is 68.8 Å². The number of hydrogen-bond acceptors (Lipinski definition) is 4. The number of halogens is 2. The second-order valence-corrected chi connectivity index (χ2v) is 4.91. The first-order valence-corrected chi connectivity index (χ1v) is 6.73. The van der Waals surface area contributed by atoms with Crippen LogP contribution in [0.25, 0.3) is 0 Å². The minimum Gasteiger partial charge on any atom is -0.271 e. The van der Waals surface area contributed by atoms with Crippen LogP contribution in [0.3, 0.4) is 0 Å². The van der Waals surface area contributed by atoms with Gasteiger partial charge in [0.15, 0.2) is 0 Å². The van der Waals surface area contributed by atoms with Gasteiger partial charge in [-0.05, 0) is 18.1 Å². The molecule has 0 bridgehead atoms. The van der Waals surface area contributed by atoms with E-state index < -0.39 is 0 Å². The molecule has 0 amide bonds. The second-order valence-electron chi connectivity index (χ2n) is 4.12. The highest BCUT2D eigenvalue weighted by molar-refractivity contribution is 6.42. The lowest BCUT2D eigenvalue weighted by Gasteiger charge is -2.18. The van der Waals surface area contributed by atoms with Crippen LogP contribution in [0, 0.1) is 0 Å². The Morgan fingerprint density at radius 1 is 1.42 bits per heavy atom. The summed E-state index contributed by atoms with van der Waals surface area (Å²) in [6.07, 6.45) is 2.63. The van der Waals surface area contributed by atoms with Crippen LogP contribution in [-0.2, 0) is 6.54 Å². The number of nitrogens with zero attached hydrogens (tertiary/aromatic N) is 3. The molecule has 2 rings (SSSR count). The van der Waals surface area contributed by atoms with Gasteiger partial charge in [0.25, 0.3) is 0 Å². The van der Waals surface area contributed by atoms with Crippen molar-refractivity contribution in [2.24, 2.45) is 5.84 Å². The molecule has 2 aromatic rings. The van der Waals surface area contributed by atoms with Crippen LogP contribution >= 0.6 is 23.2 Å². The summed E-state index contributed by atoms with van der Waals surface area (Å²) in [7, 11) is 0. The van der Waals surface area contributed by atoms with Crippen molar-refractivity contribution in [2.75, 3.05) is 0 Å². The van der Waals surface area contributed by atoms with Gasteiger partial charge in [0.05, 0.1) is 28.0 Å². The number of hydrogen-bond donors (Lipinski definition) is 2. The highest BCUT2D eigenvalue weighted by atomic mass is 35.5. The normalized spacial score (nSPS) is 12.6. The molecule has 1 unspecified atom stereocenters. The molecule has 102 valence electrons. The summed E-state index contributed by atoms with van der Waals surface area (Å²) in [5.41, 5.74) is 4.40. The molecule has 0 aliphatic rings. The van der Waals surface area contributed by atoms with E-state index in [4.69, 9.17) is 29.0 Å². The van der Waals surface area contributed by atoms with Gasteiger partial charge in [0, 0.05) is 6.54 Å². The van der Waals surface area contributed by atoms with E-state index in [1.54, 1.807) is 12.3 Å². The molecule has 1 atom stereocenters. The SMILES string of the molecule is CCCn1nncc1C(NN)c1cccc(Cl)c1Cl. The number of aromatic nitrogens is 3. The standard InChI is InChI=1S/C12H15Cl2N5/c1-2-6-19-10(7-16-18-19)12(17-15)8-4-3-5-9(13)11(8)14/h3-5,7,12,17H,2,6,15H2,1H3. The molecular formula is C12H15Cl2N5. The summed E-state index contributed by atoms with van der Waals surface area (Å²) in [6, 6.07) is 5.15. The Hall–Kier alpha value is -1.14. The number of nitrogens with two attached hydrogens (primary N) is 1. The highest BCUT2D eigenvalue weighted by Gasteiger charge is 2.21. The zero-order valence-corrected chi connectivity index (χ0v) is 12.0. The average Bonchev–Trinajstić information content (AvgIpc) is 2.84. The van der Waals surface area contributed by atoms with E-state index in [2.05, 4.69) is 22.7 Å². The molecule has 0 spiro atoms. The largest absolute Gasteiger partial charge is 0.271 e. The molecule has 5 nitrogen and oxygen atoms in total. The van der Waals surface area contributed by atoms with Crippen molar-refractivity contribution in [3.63, 3.8) is 0 Å². The van der Waals surface area contributed by atoms with Gasteiger partial charge in [-0.3, -0.25) is 5.84 Å². The smallest absolute Gasteiger partial charge is 0.0909 e. The third-order valence-electron chi connectivity index (χ3n) is 2.84. The minimum absolute atomic E-state index is 0.298. The molecule has 3 N–H and O–H groups in total. The summed E-state index contributed by atoms with van der Waals surface area (Å²) < 4.78 is 1.81. The third-order valence-corrected chi connectivity index (χ3v) is 3.67. The average molecular weight is 300 g/mol. The van der Waals surface area contributed by atoms with E-state index in [1.807, 2.05) is 16.8 Å². The van der Waals surface area contributed by atoms with Crippen LogP contribution < -0.4 is 11.3 Å². The number of nitrogens with one attached hydrogen (secondary N) is 1. The maximum Gasteiger partial charge on any atom is 0.0909 e. The number of rotatable bonds is 5. The van der Waals surface area contributed by atoms with E-state index in [0.29, 0.717) is 10.0 Å². The van der Waals surface area contributed by atoms with Gasteiger partial charge in [0.1, 0.15) is 0 Å². The summed E-state index contributed by atoms with van der Waals surface area (Å²) in [4.78, 5) is 0. The van der Waals surface area contributed by atoms with E-state index in [1.165, 1.54) is 0 Å². The van der Waals surface area contributed by atoms with Crippen molar-refractivity contribution in [2.45, 2.75) is 25.9 Å². The Kier molecular flexibility index (Phi) is 4.76. The predicted octanol–water partition coefficient (Wildman–Crippen LogP) is 2.55. The first kappa shape index (κ1) is 14.3. The lowest BCUT2D eigenvalue weighted by Crippen LogP contribution is -2.31. The number of benzene rings is 1. The van der Waals surface area contributed by atoms with Crippen LogP contribution in [0.1, 0.15) is 30.6 Å². The summed E-state index contributed by atoms with van der Waals surface area (Å²) in [5, 5.41) is 8.95. The van der Waals surface area contributed by atoms with E-state index in [9.17, 15) is 0 Å². The van der Waals surface area contributed by atoms with Crippen molar-refractivity contribution in [3.8, 4) is 0 Å². The molecule has 0 fully saturated rings. The van der Waals surface area contributed by atoms with Gasteiger partial charge >= 0.3 is 0 Å². The Bertz CT molecular complexity index is 555. The van der Waals surface area contributed by atoms with Gasteiger partial charge < -0.3 is 0 Å². The van der Waals surface area contributed by atoms with Crippen molar-refractivity contribution in [1.82, 2.24) is 20.4 Å². The Morgan fingerprint density at radius 2 is 2.21 bits per heavy atom. The molecule has 1 aromatic heterocycles. The predicted molar refractivity (Wildman–Crippen MR) is 75.9 cm³/mol. The molecule has 7 heteroatoms. The zero-order valence-electron chi connectivity index (χ0n) is 10.5. The van der Waals surface area contributed by atoms with Crippen LogP contribution in [0.15, 0.2) is 24.4 Å². The first-order chi connectivity index (χ1) is 9.19. The molecule has 19 heavy (non-hydrogen) atoms. The van der Waals surface area contributed by atoms with E-state index in [0.717, 1.165) is 24.2 Å².